The molecule has 0 aromatic rings. The molecule has 12 heavy (non-hydrogen) atoms. The second-order valence-corrected chi connectivity index (χ2v) is 3.08. The quantitative estimate of drug-likeness (QED) is 0.520. The Morgan fingerprint density at radius 2 is 2.08 bits per heavy atom. The highest BCUT2D eigenvalue weighted by atomic mass is 19.2. The van der Waals surface area contributed by atoms with Gasteiger partial charge in [-0.1, -0.05) is 19.1 Å². The third-order valence-corrected chi connectivity index (χ3v) is 2.16. The minimum Gasteiger partial charge on any atom is -0.204 e. The van der Waals surface area contributed by atoms with Crippen LogP contribution in [0.5, 0.6) is 0 Å². The molecule has 0 aromatic carbocycles. The van der Waals surface area contributed by atoms with Gasteiger partial charge in [0.15, 0.2) is 11.7 Å². The van der Waals surface area contributed by atoms with Gasteiger partial charge in [-0.15, -0.1) is 0 Å². The molecule has 0 aliphatic heterocycles. The van der Waals surface area contributed by atoms with E-state index >= 15 is 0 Å². The van der Waals surface area contributed by atoms with E-state index in [1.807, 2.05) is 13.0 Å². The molecule has 0 aromatic heterocycles. The Hall–Kier alpha value is -0.920. The van der Waals surface area contributed by atoms with E-state index in [1.54, 1.807) is 13.0 Å². The number of rotatable bonds is 0. The highest BCUT2D eigenvalue weighted by Gasteiger charge is 2.13. The summed E-state index contributed by atoms with van der Waals surface area (Å²) in [5.41, 5.74) is 0.494. The number of halogens is 2. The summed E-state index contributed by atoms with van der Waals surface area (Å²) in [6.07, 6.45) is 5.33. The average molecular weight is 170 g/mol. The van der Waals surface area contributed by atoms with Crippen molar-refractivity contribution in [3.05, 3.63) is 35.5 Å². The molecule has 0 saturated carbocycles. The van der Waals surface area contributed by atoms with Crippen molar-refractivity contribution in [3.63, 3.8) is 0 Å². The maximum atomic E-state index is 13.1. The first kappa shape index (κ1) is 9.17. The van der Waals surface area contributed by atoms with Crippen LogP contribution in [0.3, 0.4) is 0 Å². The number of hydrogen-bond donors (Lipinski definition) is 0. The molecular formula is C10H12F2. The van der Waals surface area contributed by atoms with Gasteiger partial charge in [0, 0.05) is 0 Å². The summed E-state index contributed by atoms with van der Waals surface area (Å²) in [5.74, 6) is -1.39. The summed E-state index contributed by atoms with van der Waals surface area (Å²) in [6, 6.07) is 0. The van der Waals surface area contributed by atoms with Crippen LogP contribution >= 0.6 is 0 Å². The molecule has 1 aliphatic rings. The molecule has 0 radical (unpaired) electrons. The Balaban J connectivity index is 3.05. The van der Waals surface area contributed by atoms with E-state index in [0.29, 0.717) is 5.57 Å². The lowest BCUT2D eigenvalue weighted by atomic mass is 9.96. The predicted molar refractivity (Wildman–Crippen MR) is 45.9 cm³/mol. The van der Waals surface area contributed by atoms with Crippen LogP contribution in [0.2, 0.25) is 0 Å². The van der Waals surface area contributed by atoms with Gasteiger partial charge in [0.05, 0.1) is 0 Å². The molecule has 0 fully saturated rings. The lowest BCUT2D eigenvalue weighted by molar-refractivity contribution is 0.516. The van der Waals surface area contributed by atoms with E-state index < -0.39 is 11.7 Å². The number of hydrogen-bond acceptors (Lipinski definition) is 0. The van der Waals surface area contributed by atoms with Crippen molar-refractivity contribution in [2.75, 3.05) is 0 Å². The molecule has 1 rings (SSSR count). The highest BCUT2D eigenvalue weighted by molar-refractivity contribution is 5.30. The fraction of sp³-hybridized carbons (Fsp3) is 0.400. The van der Waals surface area contributed by atoms with E-state index in [0.717, 1.165) is 12.5 Å². The van der Waals surface area contributed by atoms with Crippen LogP contribution < -0.4 is 0 Å². The van der Waals surface area contributed by atoms with Crippen molar-refractivity contribution < 1.29 is 8.78 Å². The van der Waals surface area contributed by atoms with Crippen LogP contribution in [0.1, 0.15) is 20.3 Å². The fourth-order valence-electron chi connectivity index (χ4n) is 1.09. The first-order valence-electron chi connectivity index (χ1n) is 4.02. The summed E-state index contributed by atoms with van der Waals surface area (Å²) in [5, 5.41) is 0. The van der Waals surface area contributed by atoms with E-state index in [1.165, 1.54) is 0 Å². The molecule has 0 heterocycles. The lowest BCUT2D eigenvalue weighted by Gasteiger charge is -2.11. The molecule has 1 atom stereocenters. The average Bonchev–Trinajstić information content (AvgIpc) is 2.07. The Morgan fingerprint density at radius 1 is 1.42 bits per heavy atom. The zero-order valence-corrected chi connectivity index (χ0v) is 7.27. The molecule has 0 saturated heterocycles. The smallest absolute Gasteiger partial charge is 0.158 e. The Kier molecular flexibility index (Phi) is 2.79. The molecule has 0 spiro atoms. The van der Waals surface area contributed by atoms with Gasteiger partial charge in [0.1, 0.15) is 0 Å². The molecule has 1 unspecified atom stereocenters. The van der Waals surface area contributed by atoms with Crippen LogP contribution in [0.15, 0.2) is 35.5 Å². The topological polar surface area (TPSA) is 0 Å². The monoisotopic (exact) mass is 170 g/mol. The zero-order valence-electron chi connectivity index (χ0n) is 7.27. The highest BCUT2D eigenvalue weighted by Crippen LogP contribution is 2.26. The Labute approximate surface area is 71.3 Å². The van der Waals surface area contributed by atoms with Crippen LogP contribution in [0.25, 0.3) is 0 Å². The van der Waals surface area contributed by atoms with Gasteiger partial charge in [-0.2, -0.15) is 0 Å². The van der Waals surface area contributed by atoms with Crippen molar-refractivity contribution in [1.82, 2.24) is 0 Å². The second kappa shape index (κ2) is 3.65. The van der Waals surface area contributed by atoms with Crippen LogP contribution in [0, 0.1) is 5.92 Å². The second-order valence-electron chi connectivity index (χ2n) is 3.08. The van der Waals surface area contributed by atoms with Gasteiger partial charge >= 0.3 is 0 Å². The predicted octanol–water partition coefficient (Wildman–Crippen LogP) is 3.68. The first-order valence-corrected chi connectivity index (χ1v) is 4.02. The van der Waals surface area contributed by atoms with E-state index in [9.17, 15) is 8.78 Å². The van der Waals surface area contributed by atoms with Crippen molar-refractivity contribution in [2.24, 2.45) is 5.92 Å². The van der Waals surface area contributed by atoms with Crippen LogP contribution in [0.4, 0.5) is 8.78 Å². The number of allylic oxidation sites excluding steroid dienone is 6. The standard InChI is InChI=1S/C10H12F2/c1-7-5-3-4-6-9(11)10(12)8(7)2/h3-4,6-7H,5H2,1-2H3/b4-3+,9-6+,10-8+. The van der Waals surface area contributed by atoms with Gasteiger partial charge in [0.2, 0.25) is 0 Å². The lowest BCUT2D eigenvalue weighted by Crippen LogP contribution is -1.99. The normalized spacial score (nSPS) is 38.0. The Morgan fingerprint density at radius 3 is 2.75 bits per heavy atom. The van der Waals surface area contributed by atoms with Gasteiger partial charge in [-0.25, -0.2) is 8.78 Å². The molecule has 2 heteroatoms. The van der Waals surface area contributed by atoms with Crippen molar-refractivity contribution in [1.29, 1.82) is 0 Å². The molecule has 0 nitrogen and oxygen atoms in total. The maximum absolute atomic E-state index is 13.1. The molecule has 1 aliphatic carbocycles. The molecule has 0 bridgehead atoms. The summed E-state index contributed by atoms with van der Waals surface area (Å²) in [7, 11) is 0. The van der Waals surface area contributed by atoms with E-state index in [2.05, 4.69) is 0 Å². The van der Waals surface area contributed by atoms with Crippen LogP contribution in [-0.2, 0) is 0 Å². The van der Waals surface area contributed by atoms with Crippen molar-refractivity contribution in [2.45, 2.75) is 20.3 Å². The summed E-state index contributed by atoms with van der Waals surface area (Å²) < 4.78 is 25.9. The van der Waals surface area contributed by atoms with Crippen LogP contribution in [-0.4, -0.2) is 0 Å². The van der Waals surface area contributed by atoms with Gasteiger partial charge in [-0.3, -0.25) is 0 Å². The van der Waals surface area contributed by atoms with E-state index in [4.69, 9.17) is 0 Å². The fourth-order valence-corrected chi connectivity index (χ4v) is 1.09. The third kappa shape index (κ3) is 1.81. The maximum Gasteiger partial charge on any atom is 0.158 e. The zero-order chi connectivity index (χ0) is 9.14. The molecule has 0 amide bonds. The van der Waals surface area contributed by atoms with Gasteiger partial charge in [-0.05, 0) is 30.9 Å². The minimum absolute atomic E-state index is 0.0840. The van der Waals surface area contributed by atoms with Gasteiger partial charge in [0.25, 0.3) is 0 Å². The summed E-state index contributed by atoms with van der Waals surface area (Å²) >= 11 is 0. The van der Waals surface area contributed by atoms with Crippen molar-refractivity contribution >= 4 is 0 Å². The SMILES string of the molecule is C/C1=C(F)/C(F)=C\C=C\CC1C. The molecular weight excluding hydrogens is 158 g/mol. The summed E-state index contributed by atoms with van der Waals surface area (Å²) in [4.78, 5) is 0. The molecule has 66 valence electrons. The van der Waals surface area contributed by atoms with Crippen molar-refractivity contribution in [3.8, 4) is 0 Å². The first-order chi connectivity index (χ1) is 5.63. The molecule has 0 N–H and O–H groups in total. The third-order valence-electron chi connectivity index (χ3n) is 2.16. The van der Waals surface area contributed by atoms with E-state index in [-0.39, 0.29) is 5.92 Å². The Bertz CT molecular complexity index is 259. The van der Waals surface area contributed by atoms with Gasteiger partial charge < -0.3 is 0 Å². The minimum atomic E-state index is -0.768. The summed E-state index contributed by atoms with van der Waals surface area (Å²) in [6.45, 7) is 3.52. The largest absolute Gasteiger partial charge is 0.204 e.